The van der Waals surface area contributed by atoms with Crippen molar-refractivity contribution >= 4 is 47.2 Å². The van der Waals surface area contributed by atoms with Crippen molar-refractivity contribution in [2.45, 2.75) is 30.3 Å². The molecule has 0 aliphatic heterocycles. The lowest BCUT2D eigenvalue weighted by Crippen LogP contribution is -2.19. The van der Waals surface area contributed by atoms with Crippen LogP contribution in [0.4, 0.5) is 0 Å². The van der Waals surface area contributed by atoms with Crippen LogP contribution in [0, 0.1) is 0 Å². The van der Waals surface area contributed by atoms with Crippen LogP contribution in [0.25, 0.3) is 0 Å². The molecule has 18 heavy (non-hydrogen) atoms. The van der Waals surface area contributed by atoms with Crippen LogP contribution < -0.4 is 0 Å². The van der Waals surface area contributed by atoms with Gasteiger partial charge in [-0.05, 0) is 25.4 Å². The van der Waals surface area contributed by atoms with Crippen LogP contribution in [-0.4, -0.2) is 49.7 Å². The topological polar surface area (TPSA) is 74.6 Å². The molecule has 0 radical (unpaired) electrons. The van der Waals surface area contributed by atoms with Crippen molar-refractivity contribution in [2.24, 2.45) is 0 Å². The maximum atomic E-state index is 10.5. The van der Waals surface area contributed by atoms with Crippen molar-refractivity contribution in [1.82, 2.24) is 0 Å². The van der Waals surface area contributed by atoms with Crippen molar-refractivity contribution in [3.63, 3.8) is 0 Å². The Balaban J connectivity index is 4.13. The van der Waals surface area contributed by atoms with Gasteiger partial charge in [-0.25, -0.2) is 0 Å². The summed E-state index contributed by atoms with van der Waals surface area (Å²) in [5.41, 5.74) is 0. The SMILES string of the molecule is CSCCC(C)(SCCC(=O)O)SCCC(=O)O. The third kappa shape index (κ3) is 9.96. The van der Waals surface area contributed by atoms with E-state index in [9.17, 15) is 9.59 Å². The van der Waals surface area contributed by atoms with Gasteiger partial charge in [0.2, 0.25) is 0 Å². The first-order valence-electron chi connectivity index (χ1n) is 5.60. The number of thioether (sulfide) groups is 3. The number of carboxylic acid groups (broad SMARTS) is 2. The molecular weight excluding hydrogens is 292 g/mol. The third-order valence-corrected chi connectivity index (χ3v) is 5.97. The van der Waals surface area contributed by atoms with Crippen molar-refractivity contribution in [3.05, 3.63) is 0 Å². The molecule has 0 rings (SSSR count). The lowest BCUT2D eigenvalue weighted by Gasteiger charge is -2.28. The molecule has 0 saturated heterocycles. The summed E-state index contributed by atoms with van der Waals surface area (Å²) in [6.45, 7) is 2.07. The first kappa shape index (κ1) is 18.0. The molecule has 0 bridgehead atoms. The van der Waals surface area contributed by atoms with E-state index in [4.69, 9.17) is 10.2 Å². The number of carbonyl (C=O) groups is 2. The Morgan fingerprint density at radius 2 is 1.44 bits per heavy atom. The zero-order chi connectivity index (χ0) is 14.0. The minimum absolute atomic E-state index is 0.0894. The lowest BCUT2D eigenvalue weighted by atomic mass is 10.4. The van der Waals surface area contributed by atoms with Crippen LogP contribution in [0.15, 0.2) is 0 Å². The summed E-state index contributed by atoms with van der Waals surface area (Å²) < 4.78 is -0.0894. The monoisotopic (exact) mass is 312 g/mol. The van der Waals surface area contributed by atoms with Gasteiger partial charge in [0, 0.05) is 11.5 Å². The molecular formula is C11H20O4S3. The molecule has 4 nitrogen and oxygen atoms in total. The summed E-state index contributed by atoms with van der Waals surface area (Å²) >= 11 is 4.99. The summed E-state index contributed by atoms with van der Waals surface area (Å²) in [5.74, 6) is 0.563. The van der Waals surface area contributed by atoms with Gasteiger partial charge >= 0.3 is 11.9 Å². The second-order valence-electron chi connectivity index (χ2n) is 3.86. The van der Waals surface area contributed by atoms with Gasteiger partial charge in [-0.3, -0.25) is 9.59 Å². The smallest absolute Gasteiger partial charge is 0.304 e. The van der Waals surface area contributed by atoms with E-state index in [2.05, 4.69) is 6.92 Å². The minimum atomic E-state index is -0.787. The van der Waals surface area contributed by atoms with E-state index in [-0.39, 0.29) is 16.9 Å². The second kappa shape index (κ2) is 9.86. The van der Waals surface area contributed by atoms with Crippen LogP contribution in [0.1, 0.15) is 26.2 Å². The predicted molar refractivity (Wildman–Crippen MR) is 80.8 cm³/mol. The van der Waals surface area contributed by atoms with Gasteiger partial charge in [0.25, 0.3) is 0 Å². The van der Waals surface area contributed by atoms with E-state index < -0.39 is 11.9 Å². The van der Waals surface area contributed by atoms with Gasteiger partial charge in [-0.15, -0.1) is 23.5 Å². The molecule has 0 unspecified atom stereocenters. The van der Waals surface area contributed by atoms with E-state index in [1.165, 1.54) is 0 Å². The zero-order valence-corrected chi connectivity index (χ0v) is 13.1. The average molecular weight is 312 g/mol. The molecule has 0 aromatic heterocycles. The van der Waals surface area contributed by atoms with E-state index in [1.807, 2.05) is 6.26 Å². The largest absolute Gasteiger partial charge is 0.481 e. The fraction of sp³-hybridized carbons (Fsp3) is 0.818. The molecule has 0 aromatic rings. The number of hydrogen-bond donors (Lipinski definition) is 2. The predicted octanol–water partition coefficient (Wildman–Crippen LogP) is 2.87. The molecule has 0 aliphatic carbocycles. The van der Waals surface area contributed by atoms with Gasteiger partial charge in [0.05, 0.1) is 16.9 Å². The van der Waals surface area contributed by atoms with Crippen LogP contribution in [0.3, 0.4) is 0 Å². The average Bonchev–Trinajstić information content (AvgIpc) is 2.25. The minimum Gasteiger partial charge on any atom is -0.481 e. The standard InChI is InChI=1S/C11H20O4S3/c1-11(5-8-16-2,17-6-3-9(12)13)18-7-4-10(14)15/h3-8H2,1-2H3,(H,12,13)(H,14,15). The van der Waals surface area contributed by atoms with E-state index in [0.717, 1.165) is 12.2 Å². The van der Waals surface area contributed by atoms with Crippen molar-refractivity contribution in [1.29, 1.82) is 0 Å². The van der Waals surface area contributed by atoms with E-state index in [1.54, 1.807) is 35.3 Å². The van der Waals surface area contributed by atoms with Crippen LogP contribution in [0.5, 0.6) is 0 Å². The highest BCUT2D eigenvalue weighted by Crippen LogP contribution is 2.41. The molecule has 0 heterocycles. The van der Waals surface area contributed by atoms with Gasteiger partial charge in [0.1, 0.15) is 0 Å². The van der Waals surface area contributed by atoms with Gasteiger partial charge in [-0.1, -0.05) is 0 Å². The van der Waals surface area contributed by atoms with Crippen LogP contribution >= 0.6 is 35.3 Å². The van der Waals surface area contributed by atoms with E-state index in [0.29, 0.717) is 11.5 Å². The Kier molecular flexibility index (Phi) is 9.85. The number of carboxylic acids is 2. The molecule has 0 aromatic carbocycles. The Morgan fingerprint density at radius 1 is 1.00 bits per heavy atom. The highest BCUT2D eigenvalue weighted by Gasteiger charge is 2.25. The summed E-state index contributed by atoms with van der Waals surface area (Å²) in [6.07, 6.45) is 3.28. The van der Waals surface area contributed by atoms with Gasteiger partial charge in [0.15, 0.2) is 0 Å². The summed E-state index contributed by atoms with van der Waals surface area (Å²) in [7, 11) is 0. The molecule has 0 spiro atoms. The summed E-state index contributed by atoms with van der Waals surface area (Å²) in [5, 5.41) is 17.3. The Hall–Kier alpha value is -0.0100. The Morgan fingerprint density at radius 3 is 1.78 bits per heavy atom. The quantitative estimate of drug-likeness (QED) is 0.568. The molecule has 0 amide bonds. The zero-order valence-electron chi connectivity index (χ0n) is 10.7. The molecule has 0 fully saturated rings. The number of rotatable bonds is 11. The maximum Gasteiger partial charge on any atom is 0.304 e. The molecule has 0 saturated carbocycles. The molecule has 106 valence electrons. The molecule has 0 aliphatic rings. The highest BCUT2D eigenvalue weighted by atomic mass is 32.2. The fourth-order valence-corrected chi connectivity index (χ4v) is 4.80. The van der Waals surface area contributed by atoms with Crippen LogP contribution in [0.2, 0.25) is 0 Å². The lowest BCUT2D eigenvalue weighted by molar-refractivity contribution is -0.137. The highest BCUT2D eigenvalue weighted by molar-refractivity contribution is 8.18. The molecule has 7 heteroatoms. The first-order chi connectivity index (χ1) is 8.39. The third-order valence-electron chi connectivity index (χ3n) is 2.21. The van der Waals surface area contributed by atoms with Crippen LogP contribution in [-0.2, 0) is 9.59 Å². The molecule has 2 N–H and O–H groups in total. The van der Waals surface area contributed by atoms with Crippen molar-refractivity contribution < 1.29 is 19.8 Å². The Bertz CT molecular complexity index is 251. The first-order valence-corrected chi connectivity index (χ1v) is 8.96. The normalized spacial score (nSPS) is 11.4. The fourth-order valence-electron chi connectivity index (χ4n) is 1.18. The van der Waals surface area contributed by atoms with Gasteiger partial charge < -0.3 is 10.2 Å². The maximum absolute atomic E-state index is 10.5. The van der Waals surface area contributed by atoms with Gasteiger partial charge in [-0.2, -0.15) is 11.8 Å². The van der Waals surface area contributed by atoms with Crippen molar-refractivity contribution in [2.75, 3.05) is 23.5 Å². The number of aliphatic carboxylic acids is 2. The summed E-state index contributed by atoms with van der Waals surface area (Å²) in [6, 6.07) is 0. The second-order valence-corrected chi connectivity index (χ2v) is 8.30. The Labute approximate surface area is 121 Å². The molecule has 0 atom stereocenters. The van der Waals surface area contributed by atoms with Crippen molar-refractivity contribution in [3.8, 4) is 0 Å². The number of hydrogen-bond acceptors (Lipinski definition) is 5. The summed E-state index contributed by atoms with van der Waals surface area (Å²) in [4.78, 5) is 21.0. The van der Waals surface area contributed by atoms with E-state index >= 15 is 0 Å².